The summed E-state index contributed by atoms with van der Waals surface area (Å²) in [6, 6.07) is 6.76. The third-order valence-electron chi connectivity index (χ3n) is 3.59. The molecule has 0 fully saturated rings. The molecule has 3 nitrogen and oxygen atoms in total. The molecule has 0 saturated carbocycles. The number of nitrogens with one attached hydrogen (secondary N) is 1. The van der Waals surface area contributed by atoms with Gasteiger partial charge in [-0.25, -0.2) is 0 Å². The van der Waals surface area contributed by atoms with E-state index in [1.165, 1.54) is 16.5 Å². The molecule has 2 aromatic rings. The van der Waals surface area contributed by atoms with Crippen LogP contribution < -0.4 is 4.74 Å². The van der Waals surface area contributed by atoms with Crippen molar-refractivity contribution in [2.75, 3.05) is 20.7 Å². The van der Waals surface area contributed by atoms with Crippen LogP contribution in [0.15, 0.2) is 24.4 Å². The number of hydrogen-bond donors (Lipinski definition) is 1. The number of aromatic amines is 1. The lowest BCUT2D eigenvalue weighted by Crippen LogP contribution is -2.28. The van der Waals surface area contributed by atoms with E-state index in [1.807, 2.05) is 6.07 Å². The first-order valence-electron chi connectivity index (χ1n) is 6.46. The van der Waals surface area contributed by atoms with Crippen molar-refractivity contribution in [3.05, 3.63) is 30.0 Å². The zero-order chi connectivity index (χ0) is 13.1. The molecule has 0 bridgehead atoms. The van der Waals surface area contributed by atoms with Gasteiger partial charge in [0.2, 0.25) is 0 Å². The molecule has 1 aromatic carbocycles. The first-order chi connectivity index (χ1) is 8.61. The first kappa shape index (κ1) is 15.9. The van der Waals surface area contributed by atoms with Crippen LogP contribution >= 0.6 is 12.4 Å². The fourth-order valence-corrected chi connectivity index (χ4v) is 2.05. The summed E-state index contributed by atoms with van der Waals surface area (Å²) in [6.07, 6.45) is 3.17. The number of H-pyrrole nitrogens is 1. The Morgan fingerprint density at radius 3 is 2.68 bits per heavy atom. The minimum absolute atomic E-state index is 0. The van der Waals surface area contributed by atoms with E-state index in [0.717, 1.165) is 18.7 Å². The van der Waals surface area contributed by atoms with Gasteiger partial charge in [0.15, 0.2) is 0 Å². The van der Waals surface area contributed by atoms with E-state index >= 15 is 0 Å². The van der Waals surface area contributed by atoms with Gasteiger partial charge in [0, 0.05) is 29.7 Å². The average Bonchev–Trinajstić information content (AvgIpc) is 2.77. The molecule has 2 rings (SSSR count). The van der Waals surface area contributed by atoms with Crippen LogP contribution in [0.3, 0.4) is 0 Å². The summed E-state index contributed by atoms with van der Waals surface area (Å²) < 4.78 is 5.29. The van der Waals surface area contributed by atoms with Crippen LogP contribution in [-0.2, 0) is 6.42 Å². The summed E-state index contributed by atoms with van der Waals surface area (Å²) in [4.78, 5) is 5.68. The van der Waals surface area contributed by atoms with E-state index in [1.54, 1.807) is 7.11 Å². The predicted octanol–water partition coefficient (Wildman–Crippen LogP) is 3.48. The number of nitrogens with zero attached hydrogens (tertiary/aromatic N) is 1. The Bertz CT molecular complexity index is 522. The Hall–Kier alpha value is -1.19. The Labute approximate surface area is 121 Å². The SMILES string of the molecule is COc1ccc2[nH]cc(CCN(C)C(C)C)c2c1.Cl. The highest BCUT2D eigenvalue weighted by atomic mass is 35.5. The number of rotatable bonds is 5. The molecule has 19 heavy (non-hydrogen) atoms. The maximum absolute atomic E-state index is 5.29. The van der Waals surface area contributed by atoms with Crippen molar-refractivity contribution in [1.29, 1.82) is 0 Å². The summed E-state index contributed by atoms with van der Waals surface area (Å²) in [5, 5.41) is 1.27. The fourth-order valence-electron chi connectivity index (χ4n) is 2.05. The van der Waals surface area contributed by atoms with Crippen molar-refractivity contribution in [2.24, 2.45) is 0 Å². The highest BCUT2D eigenvalue weighted by Gasteiger charge is 2.08. The van der Waals surface area contributed by atoms with Crippen molar-refractivity contribution in [1.82, 2.24) is 9.88 Å². The monoisotopic (exact) mass is 282 g/mol. The predicted molar refractivity (Wildman–Crippen MR) is 83.6 cm³/mol. The lowest BCUT2D eigenvalue weighted by molar-refractivity contribution is 0.278. The van der Waals surface area contributed by atoms with Crippen LogP contribution in [-0.4, -0.2) is 36.6 Å². The number of halogens is 1. The standard InChI is InChI=1S/C15H22N2O.ClH/c1-11(2)17(3)8-7-12-10-16-15-6-5-13(18-4)9-14(12)15;/h5-6,9-11,16H,7-8H2,1-4H3;1H. The van der Waals surface area contributed by atoms with E-state index in [-0.39, 0.29) is 12.4 Å². The largest absolute Gasteiger partial charge is 0.497 e. The van der Waals surface area contributed by atoms with E-state index in [4.69, 9.17) is 4.74 Å². The van der Waals surface area contributed by atoms with Crippen molar-refractivity contribution in [3.63, 3.8) is 0 Å². The molecule has 0 aliphatic carbocycles. The van der Waals surface area contributed by atoms with Gasteiger partial charge in [0.25, 0.3) is 0 Å². The number of hydrogen-bond acceptors (Lipinski definition) is 2. The molecule has 0 aliphatic heterocycles. The van der Waals surface area contributed by atoms with Crippen LogP contribution in [0.2, 0.25) is 0 Å². The average molecular weight is 283 g/mol. The zero-order valence-corrected chi connectivity index (χ0v) is 12.9. The van der Waals surface area contributed by atoms with Gasteiger partial charge >= 0.3 is 0 Å². The number of methoxy groups -OCH3 is 1. The second-order valence-corrected chi connectivity index (χ2v) is 5.05. The molecule has 1 N–H and O–H groups in total. The maximum Gasteiger partial charge on any atom is 0.119 e. The lowest BCUT2D eigenvalue weighted by Gasteiger charge is -2.20. The Morgan fingerprint density at radius 1 is 1.32 bits per heavy atom. The van der Waals surface area contributed by atoms with Gasteiger partial charge < -0.3 is 14.6 Å². The Balaban J connectivity index is 0.00000180. The number of aromatic nitrogens is 1. The van der Waals surface area contributed by atoms with Crippen LogP contribution in [0.25, 0.3) is 10.9 Å². The van der Waals surface area contributed by atoms with Gasteiger partial charge in [-0.2, -0.15) is 0 Å². The van der Waals surface area contributed by atoms with Gasteiger partial charge in [0.05, 0.1) is 7.11 Å². The van der Waals surface area contributed by atoms with E-state index < -0.39 is 0 Å². The molecule has 0 aliphatic rings. The van der Waals surface area contributed by atoms with Gasteiger partial charge in [-0.3, -0.25) is 0 Å². The summed E-state index contributed by atoms with van der Waals surface area (Å²) in [5.41, 5.74) is 2.54. The maximum atomic E-state index is 5.29. The molecule has 0 amide bonds. The molecule has 1 aromatic heterocycles. The molecule has 0 spiro atoms. The minimum Gasteiger partial charge on any atom is -0.497 e. The molecule has 0 atom stereocenters. The van der Waals surface area contributed by atoms with Gasteiger partial charge in [-0.15, -0.1) is 12.4 Å². The van der Waals surface area contributed by atoms with Crippen LogP contribution in [0, 0.1) is 0 Å². The second-order valence-electron chi connectivity index (χ2n) is 5.05. The molecule has 0 unspecified atom stereocenters. The number of fused-ring (bicyclic) bond motifs is 1. The molecule has 0 saturated heterocycles. The number of benzene rings is 1. The topological polar surface area (TPSA) is 28.3 Å². The Kier molecular flexibility index (Phi) is 5.70. The molecule has 0 radical (unpaired) electrons. The zero-order valence-electron chi connectivity index (χ0n) is 12.1. The fraction of sp³-hybridized carbons (Fsp3) is 0.467. The third-order valence-corrected chi connectivity index (χ3v) is 3.59. The van der Waals surface area contributed by atoms with Crippen molar-refractivity contribution < 1.29 is 4.74 Å². The second kappa shape index (κ2) is 6.83. The van der Waals surface area contributed by atoms with Gasteiger partial charge in [0.1, 0.15) is 5.75 Å². The van der Waals surface area contributed by atoms with E-state index in [0.29, 0.717) is 6.04 Å². The summed E-state index contributed by atoms with van der Waals surface area (Å²) in [6.45, 7) is 5.51. The van der Waals surface area contributed by atoms with Crippen molar-refractivity contribution >= 4 is 23.3 Å². The first-order valence-corrected chi connectivity index (χ1v) is 6.46. The molecular formula is C15H23ClN2O. The van der Waals surface area contributed by atoms with Gasteiger partial charge in [-0.1, -0.05) is 0 Å². The van der Waals surface area contributed by atoms with Gasteiger partial charge in [-0.05, 0) is 51.1 Å². The van der Waals surface area contributed by atoms with E-state index in [9.17, 15) is 0 Å². The highest BCUT2D eigenvalue weighted by molar-refractivity contribution is 5.85. The molecular weight excluding hydrogens is 260 g/mol. The lowest BCUT2D eigenvalue weighted by atomic mass is 10.1. The number of ether oxygens (including phenoxy) is 1. The van der Waals surface area contributed by atoms with Crippen LogP contribution in [0.1, 0.15) is 19.4 Å². The minimum atomic E-state index is 0. The molecule has 106 valence electrons. The molecule has 1 heterocycles. The van der Waals surface area contributed by atoms with Crippen molar-refractivity contribution in [3.8, 4) is 5.75 Å². The smallest absolute Gasteiger partial charge is 0.119 e. The van der Waals surface area contributed by atoms with Crippen LogP contribution in [0.5, 0.6) is 5.75 Å². The van der Waals surface area contributed by atoms with E-state index in [2.05, 4.69) is 49.1 Å². The van der Waals surface area contributed by atoms with Crippen molar-refractivity contribution in [2.45, 2.75) is 26.3 Å². The quantitative estimate of drug-likeness (QED) is 0.909. The Morgan fingerprint density at radius 2 is 2.05 bits per heavy atom. The number of likely N-dealkylation sites (N-methyl/N-ethyl adjacent to an activating group) is 1. The van der Waals surface area contributed by atoms with Crippen LogP contribution in [0.4, 0.5) is 0 Å². The summed E-state index contributed by atoms with van der Waals surface area (Å²) >= 11 is 0. The summed E-state index contributed by atoms with van der Waals surface area (Å²) in [5.74, 6) is 0.917. The highest BCUT2D eigenvalue weighted by Crippen LogP contribution is 2.24. The summed E-state index contributed by atoms with van der Waals surface area (Å²) in [7, 11) is 3.88. The normalized spacial score (nSPS) is 11.1. The third kappa shape index (κ3) is 3.64. The molecule has 4 heteroatoms.